The number of nitrogens with one attached hydrogen (secondary N) is 1. The van der Waals surface area contributed by atoms with Gasteiger partial charge in [0, 0.05) is 16.1 Å². The Morgan fingerprint density at radius 2 is 2.07 bits per heavy atom. The zero-order chi connectivity index (χ0) is 9.26. The molecule has 0 atom stereocenters. The molecule has 0 radical (unpaired) electrons. The third-order valence-corrected chi connectivity index (χ3v) is 2.52. The fraction of sp³-hybridized carbons (Fsp3) is 0. The van der Waals surface area contributed by atoms with Gasteiger partial charge in [0.25, 0.3) is 0 Å². The van der Waals surface area contributed by atoms with Crippen LogP contribution in [-0.2, 0) is 0 Å². The third-order valence-electron chi connectivity index (χ3n) is 1.88. The highest BCUT2D eigenvalue weighted by molar-refractivity contribution is 9.10. The van der Waals surface area contributed by atoms with Crippen LogP contribution in [0.25, 0.3) is 10.9 Å². The summed E-state index contributed by atoms with van der Waals surface area (Å²) in [7, 11) is 0. The fourth-order valence-electron chi connectivity index (χ4n) is 1.27. The Morgan fingerprint density at radius 1 is 1.29 bits per heavy atom. The van der Waals surface area contributed by atoms with Gasteiger partial charge >= 0.3 is 0 Å². The molecule has 3 nitrogen and oxygen atoms in total. The number of halogens is 2. The minimum absolute atomic E-state index is 0. The number of hydrogen-bond donors (Lipinski definition) is 2. The standard InChI is InChI=1S/C9H8BrN3.ClH/c10-7-3-1-2-6-8(13-11)4-5-12-9(6)7;/h1-5H,11H2,(H,12,13);1H. The van der Waals surface area contributed by atoms with Gasteiger partial charge in [-0.05, 0) is 28.1 Å². The second-order valence-electron chi connectivity index (χ2n) is 2.64. The van der Waals surface area contributed by atoms with Gasteiger partial charge < -0.3 is 5.43 Å². The van der Waals surface area contributed by atoms with Crippen LogP contribution in [0.4, 0.5) is 5.69 Å². The van der Waals surface area contributed by atoms with Crippen LogP contribution in [-0.4, -0.2) is 4.98 Å². The largest absolute Gasteiger partial charge is 0.323 e. The maximum atomic E-state index is 5.37. The first-order chi connectivity index (χ1) is 6.33. The zero-order valence-corrected chi connectivity index (χ0v) is 9.60. The van der Waals surface area contributed by atoms with Gasteiger partial charge in [0.05, 0.1) is 11.2 Å². The molecule has 3 N–H and O–H groups in total. The summed E-state index contributed by atoms with van der Waals surface area (Å²) in [6.07, 6.45) is 1.72. The molecule has 0 aliphatic heterocycles. The minimum Gasteiger partial charge on any atom is -0.323 e. The molecule has 1 aromatic heterocycles. The van der Waals surface area contributed by atoms with E-state index in [9.17, 15) is 0 Å². The minimum atomic E-state index is 0. The highest BCUT2D eigenvalue weighted by Gasteiger charge is 2.02. The summed E-state index contributed by atoms with van der Waals surface area (Å²) in [5, 5.41) is 1.01. The molecule has 0 fully saturated rings. The molecule has 2 aromatic rings. The Bertz CT molecular complexity index is 447. The normalized spacial score (nSPS) is 9.57. The lowest BCUT2D eigenvalue weighted by Crippen LogP contribution is -2.07. The van der Waals surface area contributed by atoms with Crippen LogP contribution in [0.15, 0.2) is 34.9 Å². The number of aromatic nitrogens is 1. The Morgan fingerprint density at radius 3 is 2.79 bits per heavy atom. The van der Waals surface area contributed by atoms with Crippen molar-refractivity contribution in [3.63, 3.8) is 0 Å². The molecule has 74 valence electrons. The summed E-state index contributed by atoms with van der Waals surface area (Å²) in [6, 6.07) is 7.72. The first kappa shape index (κ1) is 11.2. The van der Waals surface area contributed by atoms with E-state index in [0.717, 1.165) is 21.1 Å². The summed E-state index contributed by atoms with van der Waals surface area (Å²) in [6.45, 7) is 0. The van der Waals surface area contributed by atoms with Crippen LogP contribution in [0.1, 0.15) is 0 Å². The van der Waals surface area contributed by atoms with Gasteiger partial charge in [-0.2, -0.15) is 0 Å². The monoisotopic (exact) mass is 273 g/mol. The molecule has 0 amide bonds. The van der Waals surface area contributed by atoms with E-state index >= 15 is 0 Å². The van der Waals surface area contributed by atoms with Crippen molar-refractivity contribution in [1.29, 1.82) is 0 Å². The van der Waals surface area contributed by atoms with Gasteiger partial charge in [0.2, 0.25) is 0 Å². The molecule has 2 rings (SSSR count). The van der Waals surface area contributed by atoms with E-state index in [1.165, 1.54) is 0 Å². The van der Waals surface area contributed by atoms with Crippen LogP contribution < -0.4 is 11.3 Å². The highest BCUT2D eigenvalue weighted by atomic mass is 79.9. The van der Waals surface area contributed by atoms with Gasteiger partial charge in [-0.3, -0.25) is 10.8 Å². The average molecular weight is 275 g/mol. The van der Waals surface area contributed by atoms with Crippen molar-refractivity contribution in [1.82, 2.24) is 4.98 Å². The molecule has 0 saturated carbocycles. The third kappa shape index (κ3) is 1.82. The summed E-state index contributed by atoms with van der Waals surface area (Å²) in [4.78, 5) is 4.25. The van der Waals surface area contributed by atoms with Crippen LogP contribution in [0.2, 0.25) is 0 Å². The Labute approximate surface area is 96.2 Å². The number of para-hydroxylation sites is 1. The number of pyridine rings is 1. The Kier molecular flexibility index (Phi) is 3.69. The SMILES string of the molecule is Cl.NNc1ccnc2c(Br)cccc12. The van der Waals surface area contributed by atoms with Crippen molar-refractivity contribution in [3.8, 4) is 0 Å². The fourth-order valence-corrected chi connectivity index (χ4v) is 1.73. The lowest BCUT2D eigenvalue weighted by atomic mass is 10.2. The quantitative estimate of drug-likeness (QED) is 0.621. The van der Waals surface area contributed by atoms with Crippen LogP contribution in [0.5, 0.6) is 0 Å². The molecule has 0 unspecified atom stereocenters. The molecule has 0 spiro atoms. The van der Waals surface area contributed by atoms with E-state index in [2.05, 4.69) is 26.3 Å². The molecule has 5 heteroatoms. The summed E-state index contributed by atoms with van der Waals surface area (Å²) >= 11 is 3.43. The number of nitrogens with zero attached hydrogens (tertiary/aromatic N) is 1. The van der Waals surface area contributed by atoms with Gasteiger partial charge in [-0.25, -0.2) is 0 Å². The van der Waals surface area contributed by atoms with Gasteiger partial charge in [0.15, 0.2) is 0 Å². The summed E-state index contributed by atoms with van der Waals surface area (Å²) in [5.41, 5.74) is 4.43. The second-order valence-corrected chi connectivity index (χ2v) is 3.49. The van der Waals surface area contributed by atoms with Crippen LogP contribution in [0, 0.1) is 0 Å². The lowest BCUT2D eigenvalue weighted by Gasteiger charge is -2.05. The molecule has 0 aliphatic carbocycles. The second kappa shape index (κ2) is 4.59. The van der Waals surface area contributed by atoms with Crippen molar-refractivity contribution in [2.75, 3.05) is 5.43 Å². The number of hydrazine groups is 1. The molecule has 0 bridgehead atoms. The topological polar surface area (TPSA) is 50.9 Å². The molecule has 0 saturated heterocycles. The van der Waals surface area contributed by atoms with Crippen molar-refractivity contribution >= 4 is 44.9 Å². The average Bonchev–Trinajstić information content (AvgIpc) is 2.18. The van der Waals surface area contributed by atoms with Crippen molar-refractivity contribution in [2.45, 2.75) is 0 Å². The van der Waals surface area contributed by atoms with E-state index in [0.29, 0.717) is 0 Å². The van der Waals surface area contributed by atoms with Gasteiger partial charge in [0.1, 0.15) is 0 Å². The maximum Gasteiger partial charge on any atom is 0.0865 e. The number of rotatable bonds is 1. The Hall–Kier alpha value is -0.840. The number of anilines is 1. The van der Waals surface area contributed by atoms with Gasteiger partial charge in [-0.1, -0.05) is 12.1 Å². The number of nitrogens with two attached hydrogens (primary N) is 1. The van der Waals surface area contributed by atoms with Crippen LogP contribution in [0.3, 0.4) is 0 Å². The van der Waals surface area contributed by atoms with Crippen LogP contribution >= 0.6 is 28.3 Å². The number of nitrogen functional groups attached to an aromatic ring is 1. The summed E-state index contributed by atoms with van der Waals surface area (Å²) in [5.74, 6) is 5.37. The van der Waals surface area contributed by atoms with Crippen molar-refractivity contribution < 1.29 is 0 Å². The van der Waals surface area contributed by atoms with E-state index in [1.54, 1.807) is 6.20 Å². The molecule has 1 aromatic carbocycles. The molecular formula is C9H9BrClN3. The smallest absolute Gasteiger partial charge is 0.0865 e. The number of benzene rings is 1. The van der Waals surface area contributed by atoms with E-state index in [4.69, 9.17) is 5.84 Å². The maximum absolute atomic E-state index is 5.37. The van der Waals surface area contributed by atoms with Crippen molar-refractivity contribution in [2.24, 2.45) is 5.84 Å². The van der Waals surface area contributed by atoms with Gasteiger partial charge in [-0.15, -0.1) is 12.4 Å². The first-order valence-electron chi connectivity index (χ1n) is 3.83. The molecular weight excluding hydrogens is 265 g/mol. The summed E-state index contributed by atoms with van der Waals surface area (Å²) < 4.78 is 0.974. The van der Waals surface area contributed by atoms with E-state index in [1.807, 2.05) is 24.3 Å². The molecule has 14 heavy (non-hydrogen) atoms. The Balaban J connectivity index is 0.000000980. The predicted octanol–water partition coefficient (Wildman–Crippen LogP) is 2.70. The zero-order valence-electron chi connectivity index (χ0n) is 7.20. The lowest BCUT2D eigenvalue weighted by molar-refractivity contribution is 1.33. The molecule has 1 heterocycles. The first-order valence-corrected chi connectivity index (χ1v) is 4.62. The number of hydrogen-bond acceptors (Lipinski definition) is 3. The van der Waals surface area contributed by atoms with Crippen molar-refractivity contribution in [3.05, 3.63) is 34.9 Å². The van der Waals surface area contributed by atoms with E-state index < -0.39 is 0 Å². The highest BCUT2D eigenvalue weighted by Crippen LogP contribution is 2.26. The van der Waals surface area contributed by atoms with E-state index in [-0.39, 0.29) is 12.4 Å². The molecule has 0 aliphatic rings. The predicted molar refractivity (Wildman–Crippen MR) is 64.5 cm³/mol. The number of fused-ring (bicyclic) bond motifs is 1.